The molecule has 0 radical (unpaired) electrons. The molecule has 8 nitrogen and oxygen atoms in total. The van der Waals surface area contributed by atoms with Crippen LogP contribution in [-0.4, -0.2) is 56.3 Å². The molecule has 0 atom stereocenters. The molecule has 0 aliphatic carbocycles. The van der Waals surface area contributed by atoms with Gasteiger partial charge in [-0.15, -0.1) is 23.5 Å². The summed E-state index contributed by atoms with van der Waals surface area (Å²) in [6.45, 7) is 0. The molecule has 2 aromatic carbocycles. The van der Waals surface area contributed by atoms with E-state index in [0.717, 1.165) is 10.5 Å². The smallest absolute Gasteiger partial charge is 0.270 e. The van der Waals surface area contributed by atoms with E-state index in [-0.39, 0.29) is 17.0 Å². The number of nitrogens with one attached hydrogen (secondary N) is 2. The first kappa shape index (κ1) is 24.5. The quantitative estimate of drug-likeness (QED) is 0.214. The number of aromatic nitrogens is 2. The molecule has 2 N–H and O–H groups in total. The minimum Gasteiger partial charge on any atom is -0.493 e. The molecule has 0 aliphatic heterocycles. The maximum Gasteiger partial charge on any atom is 0.270 e. The Labute approximate surface area is 201 Å². The van der Waals surface area contributed by atoms with Crippen molar-refractivity contribution >= 4 is 29.4 Å². The SMILES string of the molecule is CNC(=N)c1c(SC)nc(-c2ccc(SC)cc2)n(-c2cc(OC)c(OC)c(OC)c2)c1=O. The molecule has 0 fully saturated rings. The van der Waals surface area contributed by atoms with Crippen LogP contribution in [0.25, 0.3) is 17.1 Å². The summed E-state index contributed by atoms with van der Waals surface area (Å²) in [5.41, 5.74) is 1.04. The van der Waals surface area contributed by atoms with E-state index in [1.165, 1.54) is 37.7 Å². The molecular weight excluding hydrogens is 460 g/mol. The molecular formula is C23H26N4O4S2. The molecule has 0 saturated heterocycles. The van der Waals surface area contributed by atoms with Crippen LogP contribution in [0.4, 0.5) is 0 Å². The molecule has 174 valence electrons. The second-order valence-electron chi connectivity index (χ2n) is 6.70. The van der Waals surface area contributed by atoms with E-state index < -0.39 is 0 Å². The first-order valence-electron chi connectivity index (χ1n) is 9.86. The van der Waals surface area contributed by atoms with Gasteiger partial charge in [-0.2, -0.15) is 0 Å². The standard InChI is InChI=1S/C23H26N4O4S2/c1-25-20(24)18-22(33-6)26-21(13-7-9-15(32-5)10-8-13)27(23(18)28)14-11-16(29-2)19(31-4)17(12-14)30-3/h7-12H,1-6H3,(H2,24,25). The third-order valence-corrected chi connectivity index (χ3v) is 6.43. The van der Waals surface area contributed by atoms with Crippen molar-refractivity contribution in [3.63, 3.8) is 0 Å². The zero-order valence-corrected chi connectivity index (χ0v) is 20.9. The highest BCUT2D eigenvalue weighted by atomic mass is 32.2. The number of thioether (sulfide) groups is 2. The van der Waals surface area contributed by atoms with Crippen LogP contribution in [-0.2, 0) is 0 Å². The number of nitrogens with zero attached hydrogens (tertiary/aromatic N) is 2. The predicted octanol–water partition coefficient (Wildman–Crippen LogP) is 3.91. The summed E-state index contributed by atoms with van der Waals surface area (Å²) >= 11 is 2.95. The summed E-state index contributed by atoms with van der Waals surface area (Å²) < 4.78 is 17.9. The topological polar surface area (TPSA) is 98.5 Å². The van der Waals surface area contributed by atoms with Crippen LogP contribution in [0.3, 0.4) is 0 Å². The minimum absolute atomic E-state index is 0.0117. The highest BCUT2D eigenvalue weighted by Gasteiger charge is 2.23. The van der Waals surface area contributed by atoms with Gasteiger partial charge < -0.3 is 19.5 Å². The summed E-state index contributed by atoms with van der Waals surface area (Å²) in [5, 5.41) is 11.5. The largest absolute Gasteiger partial charge is 0.493 e. The number of benzene rings is 2. The number of amidine groups is 1. The number of ether oxygens (including phenoxy) is 3. The Morgan fingerprint density at radius 1 is 1.00 bits per heavy atom. The summed E-state index contributed by atoms with van der Waals surface area (Å²) in [5.74, 6) is 1.66. The molecule has 0 aliphatic rings. The fraction of sp³-hybridized carbons (Fsp3) is 0.261. The van der Waals surface area contributed by atoms with Gasteiger partial charge in [-0.05, 0) is 24.6 Å². The lowest BCUT2D eigenvalue weighted by atomic mass is 10.1. The Morgan fingerprint density at radius 2 is 1.61 bits per heavy atom. The predicted molar refractivity (Wildman–Crippen MR) is 134 cm³/mol. The molecule has 33 heavy (non-hydrogen) atoms. The van der Waals surface area contributed by atoms with E-state index >= 15 is 0 Å². The molecule has 0 spiro atoms. The minimum atomic E-state index is -0.382. The van der Waals surface area contributed by atoms with Crippen LogP contribution in [0.5, 0.6) is 17.2 Å². The zero-order valence-electron chi connectivity index (χ0n) is 19.3. The van der Waals surface area contributed by atoms with Crippen LogP contribution in [0.1, 0.15) is 5.56 Å². The Bertz CT molecular complexity index is 1200. The summed E-state index contributed by atoms with van der Waals surface area (Å²) in [6, 6.07) is 11.2. The van der Waals surface area contributed by atoms with Crippen LogP contribution in [0.2, 0.25) is 0 Å². The monoisotopic (exact) mass is 486 g/mol. The Hall–Kier alpha value is -3.11. The molecule has 1 heterocycles. The van der Waals surface area contributed by atoms with Crippen LogP contribution in [0.15, 0.2) is 51.1 Å². The van der Waals surface area contributed by atoms with Crippen molar-refractivity contribution in [1.82, 2.24) is 14.9 Å². The maximum atomic E-state index is 13.8. The maximum absolute atomic E-state index is 13.8. The van der Waals surface area contributed by atoms with Crippen molar-refractivity contribution in [3.8, 4) is 34.3 Å². The second-order valence-corrected chi connectivity index (χ2v) is 8.37. The van der Waals surface area contributed by atoms with Gasteiger partial charge >= 0.3 is 0 Å². The zero-order chi connectivity index (χ0) is 24.1. The Balaban J connectivity index is 2.44. The number of rotatable bonds is 8. The highest BCUT2D eigenvalue weighted by Crippen LogP contribution is 2.40. The van der Waals surface area contributed by atoms with Gasteiger partial charge in [-0.1, -0.05) is 12.1 Å². The summed E-state index contributed by atoms with van der Waals surface area (Å²) in [7, 11) is 6.16. The highest BCUT2D eigenvalue weighted by molar-refractivity contribution is 7.98. The van der Waals surface area contributed by atoms with Gasteiger partial charge in [0.05, 0.1) is 27.0 Å². The molecule has 3 rings (SSSR count). The van der Waals surface area contributed by atoms with Gasteiger partial charge in [0.1, 0.15) is 22.2 Å². The van der Waals surface area contributed by atoms with E-state index in [1.807, 2.05) is 36.8 Å². The molecule has 0 unspecified atom stereocenters. The normalized spacial score (nSPS) is 10.6. The lowest BCUT2D eigenvalue weighted by molar-refractivity contribution is 0.324. The summed E-state index contributed by atoms with van der Waals surface area (Å²) in [4.78, 5) is 19.7. The van der Waals surface area contributed by atoms with Crippen molar-refractivity contribution in [1.29, 1.82) is 5.41 Å². The average Bonchev–Trinajstić information content (AvgIpc) is 2.86. The second kappa shape index (κ2) is 10.7. The van der Waals surface area contributed by atoms with Crippen molar-refractivity contribution in [2.24, 2.45) is 0 Å². The van der Waals surface area contributed by atoms with Crippen molar-refractivity contribution in [2.75, 3.05) is 40.9 Å². The van der Waals surface area contributed by atoms with Gasteiger partial charge in [0, 0.05) is 29.6 Å². The van der Waals surface area contributed by atoms with Crippen LogP contribution >= 0.6 is 23.5 Å². The van der Waals surface area contributed by atoms with E-state index in [2.05, 4.69) is 5.32 Å². The van der Waals surface area contributed by atoms with Gasteiger partial charge in [-0.25, -0.2) is 4.98 Å². The number of hydrogen-bond acceptors (Lipinski definition) is 8. The lowest BCUT2D eigenvalue weighted by Gasteiger charge is -2.19. The lowest BCUT2D eigenvalue weighted by Crippen LogP contribution is -2.33. The molecule has 0 saturated carbocycles. The average molecular weight is 487 g/mol. The van der Waals surface area contributed by atoms with Gasteiger partial charge in [-0.3, -0.25) is 14.8 Å². The molecule has 10 heteroatoms. The Morgan fingerprint density at radius 3 is 2.06 bits per heavy atom. The van der Waals surface area contributed by atoms with E-state index in [4.69, 9.17) is 24.6 Å². The molecule has 3 aromatic rings. The molecule has 1 aromatic heterocycles. The number of methoxy groups -OCH3 is 3. The third kappa shape index (κ3) is 4.67. The summed E-state index contributed by atoms with van der Waals surface area (Å²) in [6.07, 6.45) is 3.83. The first-order chi connectivity index (χ1) is 15.9. The first-order valence-corrected chi connectivity index (χ1v) is 12.3. The number of hydrogen-bond donors (Lipinski definition) is 2. The van der Waals surface area contributed by atoms with Crippen molar-refractivity contribution in [2.45, 2.75) is 9.92 Å². The van der Waals surface area contributed by atoms with Crippen molar-refractivity contribution in [3.05, 3.63) is 52.3 Å². The van der Waals surface area contributed by atoms with Crippen LogP contribution in [0, 0.1) is 5.41 Å². The van der Waals surface area contributed by atoms with Gasteiger partial charge in [0.15, 0.2) is 11.5 Å². The third-order valence-electron chi connectivity index (χ3n) is 5.00. The van der Waals surface area contributed by atoms with E-state index in [0.29, 0.717) is 33.8 Å². The van der Waals surface area contributed by atoms with E-state index in [9.17, 15) is 4.79 Å². The fourth-order valence-corrected chi connectivity index (χ4v) is 4.34. The fourth-order valence-electron chi connectivity index (χ4n) is 3.36. The van der Waals surface area contributed by atoms with Gasteiger partial charge in [0.25, 0.3) is 5.56 Å². The van der Waals surface area contributed by atoms with Crippen LogP contribution < -0.4 is 25.1 Å². The van der Waals surface area contributed by atoms with Crippen molar-refractivity contribution < 1.29 is 14.2 Å². The van der Waals surface area contributed by atoms with Gasteiger partial charge in [0.2, 0.25) is 5.75 Å². The molecule has 0 bridgehead atoms. The Kier molecular flexibility index (Phi) is 7.93. The molecule has 0 amide bonds. The van der Waals surface area contributed by atoms with E-state index in [1.54, 1.807) is 30.9 Å².